The summed E-state index contributed by atoms with van der Waals surface area (Å²) in [5, 5.41) is 3.07. The average Bonchev–Trinajstić information content (AvgIpc) is 2.93. The van der Waals surface area contributed by atoms with Crippen LogP contribution in [0, 0.1) is 18.8 Å². The van der Waals surface area contributed by atoms with Gasteiger partial charge in [0.05, 0.1) is 17.1 Å². The molecular formula is C34H39N3O2S. The van der Waals surface area contributed by atoms with Crippen molar-refractivity contribution in [3.63, 3.8) is 0 Å². The minimum Gasteiger partial charge on any atom is -0.352 e. The number of thioether (sulfide) groups is 1. The first kappa shape index (κ1) is 28.2. The number of aryl methyl sites for hydroxylation is 1. The van der Waals surface area contributed by atoms with E-state index in [1.165, 1.54) is 23.7 Å². The molecule has 2 heterocycles. The van der Waals surface area contributed by atoms with Crippen LogP contribution in [0.2, 0.25) is 0 Å². The predicted octanol–water partition coefficient (Wildman–Crippen LogP) is 6.77. The molecule has 40 heavy (non-hydrogen) atoms. The van der Waals surface area contributed by atoms with Gasteiger partial charge in [0, 0.05) is 30.1 Å². The molecule has 3 aromatic carbocycles. The van der Waals surface area contributed by atoms with Gasteiger partial charge in [-0.3, -0.25) is 9.59 Å². The summed E-state index contributed by atoms with van der Waals surface area (Å²) in [5.74, 6) is 1.44. The summed E-state index contributed by atoms with van der Waals surface area (Å²) in [6.07, 6.45) is 4.19. The monoisotopic (exact) mass is 553 g/mol. The number of fused-ring (bicyclic) bond motifs is 1. The Bertz CT molecular complexity index is 1370. The fraction of sp³-hybridized carbons (Fsp3) is 0.353. The smallest absolute Gasteiger partial charge is 0.265 e. The van der Waals surface area contributed by atoms with Crippen molar-refractivity contribution in [2.75, 3.05) is 31.1 Å². The van der Waals surface area contributed by atoms with Crippen LogP contribution in [0.4, 0.5) is 5.69 Å². The zero-order valence-electron chi connectivity index (χ0n) is 23.7. The number of para-hydroxylation sites is 1. The molecule has 0 bridgehead atoms. The maximum absolute atomic E-state index is 13.6. The molecule has 208 valence electrons. The summed E-state index contributed by atoms with van der Waals surface area (Å²) >= 11 is 1.50. The fourth-order valence-electron chi connectivity index (χ4n) is 5.88. The second-order valence-electron chi connectivity index (χ2n) is 11.4. The molecule has 1 fully saturated rings. The van der Waals surface area contributed by atoms with Gasteiger partial charge in [0.2, 0.25) is 0 Å². The Balaban J connectivity index is 1.21. The summed E-state index contributed by atoms with van der Waals surface area (Å²) in [5.41, 5.74) is 4.75. The number of likely N-dealkylation sites (tertiary alicyclic amines) is 1. The third kappa shape index (κ3) is 7.04. The van der Waals surface area contributed by atoms with Crippen molar-refractivity contribution in [3.05, 3.63) is 100.0 Å². The number of hydrogen-bond acceptors (Lipinski definition) is 4. The molecule has 2 aliphatic rings. The average molecular weight is 554 g/mol. The second-order valence-corrected chi connectivity index (χ2v) is 12.5. The molecule has 1 N–H and O–H groups in total. The minimum absolute atomic E-state index is 0.00970. The van der Waals surface area contributed by atoms with Crippen LogP contribution in [0.25, 0.3) is 6.08 Å². The third-order valence-corrected chi connectivity index (χ3v) is 8.68. The van der Waals surface area contributed by atoms with Gasteiger partial charge in [0.25, 0.3) is 11.8 Å². The standard InChI is InChI=1S/C34H39N3O2S/c1-24-8-6-9-28(19-24)23-37-30-10-4-5-11-31(30)40-32(34(37)39)20-27-12-14-29(15-13-27)33(38)35-16-7-17-36-21-25(2)18-26(3)22-36/h4-6,8-15,19-20,25-26H,7,16-18,21-23H2,1-3H3,(H,35,38)/b32-20+/t25-,26-/m0/s1. The van der Waals surface area contributed by atoms with E-state index >= 15 is 0 Å². The van der Waals surface area contributed by atoms with E-state index in [0.29, 0.717) is 23.6 Å². The highest BCUT2D eigenvalue weighted by atomic mass is 32.2. The lowest BCUT2D eigenvalue weighted by molar-refractivity contribution is -0.114. The Kier molecular flexibility index (Phi) is 9.08. The van der Waals surface area contributed by atoms with E-state index in [2.05, 4.69) is 55.3 Å². The quantitative estimate of drug-likeness (QED) is 0.247. The lowest BCUT2D eigenvalue weighted by Gasteiger charge is -2.34. The topological polar surface area (TPSA) is 52.7 Å². The lowest BCUT2D eigenvalue weighted by atomic mass is 9.92. The van der Waals surface area contributed by atoms with Crippen LogP contribution in [-0.4, -0.2) is 42.9 Å². The van der Waals surface area contributed by atoms with Gasteiger partial charge < -0.3 is 15.1 Å². The van der Waals surface area contributed by atoms with Crippen molar-refractivity contribution >= 4 is 35.3 Å². The number of nitrogens with zero attached hydrogens (tertiary/aromatic N) is 2. The SMILES string of the molecule is Cc1cccc(CN2C(=O)/C(=C\c3ccc(C(=O)NCCCN4C[C@@H](C)C[C@H](C)C4)cc3)Sc3ccccc32)c1. The van der Waals surface area contributed by atoms with E-state index in [0.717, 1.165) is 59.6 Å². The number of anilines is 1. The number of amides is 2. The molecule has 0 aromatic heterocycles. The Morgan fingerprint density at radius 2 is 1.75 bits per heavy atom. The van der Waals surface area contributed by atoms with Gasteiger partial charge in [-0.05, 0) is 79.6 Å². The molecule has 6 heteroatoms. The molecule has 0 aliphatic carbocycles. The first-order chi connectivity index (χ1) is 19.4. The van der Waals surface area contributed by atoms with Crippen molar-refractivity contribution in [3.8, 4) is 0 Å². The second kappa shape index (κ2) is 12.9. The van der Waals surface area contributed by atoms with Crippen LogP contribution >= 0.6 is 11.8 Å². The number of rotatable bonds is 8. The molecule has 5 rings (SSSR count). The predicted molar refractivity (Wildman–Crippen MR) is 165 cm³/mol. The maximum atomic E-state index is 13.6. The van der Waals surface area contributed by atoms with Crippen LogP contribution in [0.1, 0.15) is 53.7 Å². The van der Waals surface area contributed by atoms with Gasteiger partial charge in [0.15, 0.2) is 0 Å². The number of carbonyl (C=O) groups is 2. The van der Waals surface area contributed by atoms with E-state index in [1.807, 2.05) is 59.5 Å². The molecule has 1 saturated heterocycles. The number of nitrogens with one attached hydrogen (secondary N) is 1. The first-order valence-electron chi connectivity index (χ1n) is 14.3. The summed E-state index contributed by atoms with van der Waals surface area (Å²) < 4.78 is 0. The van der Waals surface area contributed by atoms with Crippen LogP contribution in [-0.2, 0) is 11.3 Å². The highest BCUT2D eigenvalue weighted by Gasteiger charge is 2.29. The number of piperidine rings is 1. The van der Waals surface area contributed by atoms with Gasteiger partial charge in [-0.15, -0.1) is 0 Å². The highest BCUT2D eigenvalue weighted by Crippen LogP contribution is 2.42. The molecule has 0 saturated carbocycles. The largest absolute Gasteiger partial charge is 0.352 e. The molecule has 2 aliphatic heterocycles. The van der Waals surface area contributed by atoms with Gasteiger partial charge >= 0.3 is 0 Å². The summed E-state index contributed by atoms with van der Waals surface area (Å²) in [7, 11) is 0. The first-order valence-corrected chi connectivity index (χ1v) is 15.1. The van der Waals surface area contributed by atoms with Gasteiger partial charge in [-0.1, -0.05) is 79.7 Å². The Hall–Kier alpha value is -3.35. The zero-order chi connectivity index (χ0) is 28.1. The summed E-state index contributed by atoms with van der Waals surface area (Å²) in [4.78, 5) is 32.5. The molecule has 0 radical (unpaired) electrons. The molecule has 0 spiro atoms. The summed E-state index contributed by atoms with van der Waals surface area (Å²) in [6, 6.07) is 23.8. The fourth-order valence-corrected chi connectivity index (χ4v) is 6.93. The maximum Gasteiger partial charge on any atom is 0.265 e. The minimum atomic E-state index is -0.0547. The summed E-state index contributed by atoms with van der Waals surface area (Å²) in [6.45, 7) is 11.3. The zero-order valence-corrected chi connectivity index (χ0v) is 24.5. The Morgan fingerprint density at radius 3 is 2.50 bits per heavy atom. The van der Waals surface area contributed by atoms with E-state index in [9.17, 15) is 9.59 Å². The van der Waals surface area contributed by atoms with Gasteiger partial charge in [0.1, 0.15) is 0 Å². The molecular weight excluding hydrogens is 514 g/mol. The number of benzene rings is 3. The van der Waals surface area contributed by atoms with E-state index < -0.39 is 0 Å². The lowest BCUT2D eigenvalue weighted by Crippen LogP contribution is -2.40. The van der Waals surface area contributed by atoms with E-state index in [1.54, 1.807) is 0 Å². The number of hydrogen-bond donors (Lipinski definition) is 1. The Morgan fingerprint density at radius 1 is 1.00 bits per heavy atom. The van der Waals surface area contributed by atoms with Crippen LogP contribution in [0.15, 0.2) is 82.6 Å². The van der Waals surface area contributed by atoms with Crippen LogP contribution < -0.4 is 10.2 Å². The van der Waals surface area contributed by atoms with Crippen molar-refractivity contribution in [2.45, 2.75) is 45.1 Å². The third-order valence-electron chi connectivity index (χ3n) is 7.61. The van der Waals surface area contributed by atoms with Crippen LogP contribution in [0.5, 0.6) is 0 Å². The molecule has 3 aromatic rings. The molecule has 2 atom stereocenters. The molecule has 5 nitrogen and oxygen atoms in total. The van der Waals surface area contributed by atoms with Crippen molar-refractivity contribution in [1.82, 2.24) is 10.2 Å². The Labute approximate surface area is 242 Å². The van der Waals surface area contributed by atoms with Crippen molar-refractivity contribution in [2.24, 2.45) is 11.8 Å². The normalized spacial score (nSPS) is 20.4. The molecule has 0 unspecified atom stereocenters. The van der Waals surface area contributed by atoms with Crippen molar-refractivity contribution in [1.29, 1.82) is 0 Å². The van der Waals surface area contributed by atoms with Crippen molar-refractivity contribution < 1.29 is 9.59 Å². The van der Waals surface area contributed by atoms with Gasteiger partial charge in [-0.25, -0.2) is 0 Å². The molecule has 2 amide bonds. The van der Waals surface area contributed by atoms with E-state index in [-0.39, 0.29) is 11.8 Å². The highest BCUT2D eigenvalue weighted by molar-refractivity contribution is 8.04. The number of carbonyl (C=O) groups excluding carboxylic acids is 2. The van der Waals surface area contributed by atoms with Gasteiger partial charge in [-0.2, -0.15) is 0 Å². The van der Waals surface area contributed by atoms with E-state index in [4.69, 9.17) is 0 Å². The van der Waals surface area contributed by atoms with Crippen LogP contribution in [0.3, 0.4) is 0 Å².